The topological polar surface area (TPSA) is 57.2 Å². The van der Waals surface area contributed by atoms with Crippen molar-refractivity contribution in [2.75, 3.05) is 39.1 Å². The molecule has 0 N–H and O–H groups in total. The Labute approximate surface area is 123 Å². The maximum Gasteiger partial charge on any atom is 0.521 e. The first-order valence-electron chi connectivity index (χ1n) is 7.42. The molecule has 0 aliphatic rings. The van der Waals surface area contributed by atoms with Crippen molar-refractivity contribution in [1.29, 1.82) is 0 Å². The average Bonchev–Trinajstić information content (AvgIpc) is 2.39. The van der Waals surface area contributed by atoms with Gasteiger partial charge in [-0.25, -0.2) is 4.79 Å². The molecule has 0 aliphatic carbocycles. The minimum atomic E-state index is -2.86. The van der Waals surface area contributed by atoms with Gasteiger partial charge < -0.3 is 22.9 Å². The van der Waals surface area contributed by atoms with Gasteiger partial charge in [0, 0.05) is 26.4 Å². The quantitative estimate of drug-likeness (QED) is 0.549. The second-order valence-corrected chi connectivity index (χ2v) is 6.65. The largest absolute Gasteiger partial charge is 0.521 e. The number of ether oxygens (including phenoxy) is 1. The van der Waals surface area contributed by atoms with Gasteiger partial charge in [0.2, 0.25) is 0 Å². The van der Waals surface area contributed by atoms with E-state index in [4.69, 9.17) is 18.0 Å². The molecule has 0 saturated carbocycles. The van der Waals surface area contributed by atoms with E-state index in [0.29, 0.717) is 39.1 Å². The fourth-order valence-corrected chi connectivity index (χ4v) is 4.47. The summed E-state index contributed by atoms with van der Waals surface area (Å²) in [5.41, 5.74) is 0. The number of rotatable bonds is 11. The van der Waals surface area contributed by atoms with Gasteiger partial charge in [0.05, 0.1) is 12.8 Å². The molecule has 0 radical (unpaired) electrons. The standard InChI is InChI=1S/C13H29NO5Si/c1-6-11-14(13(15)16-7-2)12-20(17-8-3,18-9-4)19-10-5/h6-12H2,1-5H3. The minimum Gasteiger partial charge on any atom is -0.450 e. The number of carbonyl (C=O) groups is 1. The molecule has 0 aromatic rings. The van der Waals surface area contributed by atoms with Crippen LogP contribution in [0.4, 0.5) is 4.79 Å². The third-order valence-electron chi connectivity index (χ3n) is 2.50. The Morgan fingerprint density at radius 3 is 1.75 bits per heavy atom. The van der Waals surface area contributed by atoms with Crippen molar-refractivity contribution in [3.63, 3.8) is 0 Å². The van der Waals surface area contributed by atoms with Crippen LogP contribution in [0.25, 0.3) is 0 Å². The second kappa shape index (κ2) is 11.1. The van der Waals surface area contributed by atoms with Crippen LogP contribution in [-0.4, -0.2) is 58.9 Å². The van der Waals surface area contributed by atoms with Crippen LogP contribution in [0, 0.1) is 0 Å². The highest BCUT2D eigenvalue weighted by Crippen LogP contribution is 2.14. The lowest BCUT2D eigenvalue weighted by Gasteiger charge is -2.33. The van der Waals surface area contributed by atoms with E-state index in [1.807, 2.05) is 27.7 Å². The molecule has 0 heterocycles. The van der Waals surface area contributed by atoms with E-state index in [1.54, 1.807) is 11.8 Å². The Morgan fingerprint density at radius 1 is 0.900 bits per heavy atom. The molecule has 0 rings (SSSR count). The highest BCUT2D eigenvalue weighted by atomic mass is 28.4. The van der Waals surface area contributed by atoms with Crippen LogP contribution >= 0.6 is 0 Å². The summed E-state index contributed by atoms with van der Waals surface area (Å²) in [6.07, 6.45) is 0.827. The van der Waals surface area contributed by atoms with Gasteiger partial charge in [0.15, 0.2) is 0 Å². The molecule has 0 bridgehead atoms. The lowest BCUT2D eigenvalue weighted by atomic mass is 10.4. The first kappa shape index (κ1) is 19.4. The Hall–Kier alpha value is -0.633. The normalized spacial score (nSPS) is 11.4. The van der Waals surface area contributed by atoms with Gasteiger partial charge in [0.1, 0.15) is 0 Å². The van der Waals surface area contributed by atoms with E-state index in [2.05, 4.69) is 0 Å². The third kappa shape index (κ3) is 6.69. The fourth-order valence-electron chi connectivity index (χ4n) is 1.87. The van der Waals surface area contributed by atoms with Gasteiger partial charge in [0.25, 0.3) is 0 Å². The Bertz CT molecular complexity index is 248. The highest BCUT2D eigenvalue weighted by molar-refractivity contribution is 6.61. The third-order valence-corrected chi connectivity index (χ3v) is 5.45. The van der Waals surface area contributed by atoms with Gasteiger partial charge in [-0.3, -0.25) is 0 Å². The van der Waals surface area contributed by atoms with Gasteiger partial charge in [-0.15, -0.1) is 0 Å². The molecular weight excluding hydrogens is 278 g/mol. The molecule has 120 valence electrons. The summed E-state index contributed by atoms with van der Waals surface area (Å²) in [6.45, 7) is 11.9. The second-order valence-electron chi connectivity index (χ2n) is 4.10. The van der Waals surface area contributed by atoms with Crippen molar-refractivity contribution in [3.05, 3.63) is 0 Å². The van der Waals surface area contributed by atoms with Crippen molar-refractivity contribution >= 4 is 14.9 Å². The Kier molecular flexibility index (Phi) is 10.7. The van der Waals surface area contributed by atoms with Gasteiger partial charge in [-0.05, 0) is 34.1 Å². The molecule has 0 atom stereocenters. The zero-order chi connectivity index (χ0) is 15.4. The van der Waals surface area contributed by atoms with E-state index in [9.17, 15) is 4.79 Å². The molecule has 20 heavy (non-hydrogen) atoms. The van der Waals surface area contributed by atoms with Gasteiger partial charge >= 0.3 is 14.9 Å². The van der Waals surface area contributed by atoms with Crippen LogP contribution in [-0.2, 0) is 18.0 Å². The van der Waals surface area contributed by atoms with Crippen molar-refractivity contribution in [2.45, 2.75) is 41.0 Å². The van der Waals surface area contributed by atoms with Crippen molar-refractivity contribution in [3.8, 4) is 0 Å². The predicted octanol–water partition coefficient (Wildman–Crippen LogP) is 2.44. The van der Waals surface area contributed by atoms with Gasteiger partial charge in [-0.2, -0.15) is 0 Å². The monoisotopic (exact) mass is 307 g/mol. The Morgan fingerprint density at radius 2 is 1.40 bits per heavy atom. The smallest absolute Gasteiger partial charge is 0.450 e. The zero-order valence-electron chi connectivity index (χ0n) is 13.4. The highest BCUT2D eigenvalue weighted by Gasteiger charge is 2.44. The van der Waals surface area contributed by atoms with Crippen LogP contribution in [0.2, 0.25) is 0 Å². The number of hydrogen-bond acceptors (Lipinski definition) is 5. The van der Waals surface area contributed by atoms with E-state index in [1.165, 1.54) is 0 Å². The van der Waals surface area contributed by atoms with Crippen LogP contribution < -0.4 is 0 Å². The van der Waals surface area contributed by atoms with E-state index in [-0.39, 0.29) is 6.09 Å². The summed E-state index contributed by atoms with van der Waals surface area (Å²) in [5, 5.41) is 0. The summed E-state index contributed by atoms with van der Waals surface area (Å²) in [6, 6.07) is 0. The first-order chi connectivity index (χ1) is 9.59. The summed E-state index contributed by atoms with van der Waals surface area (Å²) >= 11 is 0. The summed E-state index contributed by atoms with van der Waals surface area (Å²) < 4.78 is 22.4. The average molecular weight is 307 g/mol. The predicted molar refractivity (Wildman–Crippen MR) is 79.5 cm³/mol. The van der Waals surface area contributed by atoms with Crippen LogP contribution in [0.1, 0.15) is 41.0 Å². The number of nitrogens with zero attached hydrogens (tertiary/aromatic N) is 1. The number of hydrogen-bond donors (Lipinski definition) is 0. The summed E-state index contributed by atoms with van der Waals surface area (Å²) in [4.78, 5) is 13.6. The lowest BCUT2D eigenvalue weighted by Crippen LogP contribution is -2.56. The lowest BCUT2D eigenvalue weighted by molar-refractivity contribution is 0.0509. The SMILES string of the molecule is CCCN(C[Si](OCC)(OCC)OCC)C(=O)OCC. The maximum atomic E-state index is 12.0. The van der Waals surface area contributed by atoms with Crippen molar-refractivity contribution < 1.29 is 22.8 Å². The molecule has 0 saturated heterocycles. The van der Waals surface area contributed by atoms with Gasteiger partial charge in [-0.1, -0.05) is 6.92 Å². The summed E-state index contributed by atoms with van der Waals surface area (Å²) in [7, 11) is -2.86. The van der Waals surface area contributed by atoms with Crippen molar-refractivity contribution in [1.82, 2.24) is 4.90 Å². The zero-order valence-corrected chi connectivity index (χ0v) is 14.4. The maximum absolute atomic E-state index is 12.0. The van der Waals surface area contributed by atoms with E-state index < -0.39 is 8.80 Å². The molecule has 6 nitrogen and oxygen atoms in total. The molecule has 0 aromatic carbocycles. The Balaban J connectivity index is 4.96. The molecule has 0 aromatic heterocycles. The molecule has 7 heteroatoms. The molecule has 0 unspecified atom stereocenters. The van der Waals surface area contributed by atoms with Crippen LogP contribution in [0.3, 0.4) is 0 Å². The van der Waals surface area contributed by atoms with E-state index >= 15 is 0 Å². The summed E-state index contributed by atoms with van der Waals surface area (Å²) in [5.74, 6) is 0. The molecule has 0 fully saturated rings. The molecule has 1 amide bonds. The molecule has 0 aliphatic heterocycles. The molecule has 0 spiro atoms. The van der Waals surface area contributed by atoms with Crippen LogP contribution in [0.5, 0.6) is 0 Å². The number of amides is 1. The van der Waals surface area contributed by atoms with Crippen molar-refractivity contribution in [2.24, 2.45) is 0 Å². The molecular formula is C13H29NO5Si. The number of carbonyl (C=O) groups excluding carboxylic acids is 1. The fraction of sp³-hybridized carbons (Fsp3) is 0.923. The first-order valence-corrected chi connectivity index (χ1v) is 9.35. The van der Waals surface area contributed by atoms with E-state index in [0.717, 1.165) is 6.42 Å². The van der Waals surface area contributed by atoms with Crippen LogP contribution in [0.15, 0.2) is 0 Å². The minimum absolute atomic E-state index is 0.329.